The highest BCUT2D eigenvalue weighted by atomic mass is 35.5. The molecule has 0 amide bonds. The van der Waals surface area contributed by atoms with Gasteiger partial charge in [0.05, 0.1) is 6.20 Å². The second kappa shape index (κ2) is 4.37. The lowest BCUT2D eigenvalue weighted by atomic mass is 9.97. The summed E-state index contributed by atoms with van der Waals surface area (Å²) in [6.45, 7) is 0. The van der Waals surface area contributed by atoms with Gasteiger partial charge in [0.2, 0.25) is 0 Å². The van der Waals surface area contributed by atoms with Crippen LogP contribution in [0.4, 0.5) is 0 Å². The van der Waals surface area contributed by atoms with Crippen LogP contribution in [-0.4, -0.2) is 16.2 Å². The van der Waals surface area contributed by atoms with Crippen molar-refractivity contribution in [2.75, 3.05) is 0 Å². The molecule has 0 aliphatic carbocycles. The van der Waals surface area contributed by atoms with Crippen LogP contribution >= 0.6 is 11.6 Å². The molecule has 1 heterocycles. The highest BCUT2D eigenvalue weighted by molar-refractivity contribution is 6.31. The Labute approximate surface area is 96.4 Å². The van der Waals surface area contributed by atoms with Crippen molar-refractivity contribution < 1.29 is 14.4 Å². The average Bonchev–Trinajstić information content (AvgIpc) is 2.74. The third kappa shape index (κ3) is 1.92. The van der Waals surface area contributed by atoms with Gasteiger partial charge in [0, 0.05) is 11.1 Å². The molecule has 0 spiro atoms. The first kappa shape index (κ1) is 10.7. The SMILES string of the molecule is O=C(O)C(c1ccno1)c1ccccc1Cl. The maximum atomic E-state index is 11.2. The summed E-state index contributed by atoms with van der Waals surface area (Å²) in [6.07, 6.45) is 1.40. The molecule has 1 N–H and O–H groups in total. The molecule has 0 radical (unpaired) electrons. The average molecular weight is 238 g/mol. The van der Waals surface area contributed by atoms with E-state index in [-0.39, 0.29) is 5.76 Å². The summed E-state index contributed by atoms with van der Waals surface area (Å²) in [5, 5.41) is 13.1. The van der Waals surface area contributed by atoms with E-state index in [2.05, 4.69) is 5.16 Å². The molecule has 1 atom stereocenters. The Morgan fingerprint density at radius 1 is 1.38 bits per heavy atom. The lowest BCUT2D eigenvalue weighted by molar-refractivity contribution is -0.138. The number of halogens is 1. The van der Waals surface area contributed by atoms with Gasteiger partial charge in [0.25, 0.3) is 0 Å². The maximum absolute atomic E-state index is 11.2. The van der Waals surface area contributed by atoms with E-state index in [1.807, 2.05) is 0 Å². The number of nitrogens with zero attached hydrogens (tertiary/aromatic N) is 1. The Bertz CT molecular complexity index is 496. The zero-order valence-corrected chi connectivity index (χ0v) is 8.89. The van der Waals surface area contributed by atoms with Crippen LogP contribution in [0.1, 0.15) is 17.2 Å². The van der Waals surface area contributed by atoms with Crippen molar-refractivity contribution in [1.29, 1.82) is 0 Å². The Hall–Kier alpha value is -1.81. The molecule has 5 heteroatoms. The number of benzene rings is 1. The molecule has 1 aromatic heterocycles. The third-order valence-corrected chi connectivity index (χ3v) is 2.55. The molecule has 1 unspecified atom stereocenters. The van der Waals surface area contributed by atoms with Crippen LogP contribution in [0.15, 0.2) is 41.1 Å². The third-order valence-electron chi connectivity index (χ3n) is 2.21. The molecule has 0 saturated carbocycles. The number of carboxylic acids is 1. The van der Waals surface area contributed by atoms with Crippen LogP contribution in [0.25, 0.3) is 0 Å². The second-order valence-electron chi connectivity index (χ2n) is 3.21. The van der Waals surface area contributed by atoms with Crippen LogP contribution in [-0.2, 0) is 4.79 Å². The summed E-state index contributed by atoms with van der Waals surface area (Å²) < 4.78 is 4.88. The van der Waals surface area contributed by atoms with Crippen molar-refractivity contribution in [3.8, 4) is 0 Å². The van der Waals surface area contributed by atoms with Crippen molar-refractivity contribution in [2.45, 2.75) is 5.92 Å². The normalized spacial score (nSPS) is 12.3. The highest BCUT2D eigenvalue weighted by Crippen LogP contribution is 2.30. The van der Waals surface area contributed by atoms with Gasteiger partial charge in [-0.3, -0.25) is 4.79 Å². The topological polar surface area (TPSA) is 63.3 Å². The minimum atomic E-state index is -1.02. The van der Waals surface area contributed by atoms with E-state index in [9.17, 15) is 9.90 Å². The monoisotopic (exact) mass is 237 g/mol. The minimum Gasteiger partial charge on any atom is -0.480 e. The smallest absolute Gasteiger partial charge is 0.318 e. The highest BCUT2D eigenvalue weighted by Gasteiger charge is 2.27. The van der Waals surface area contributed by atoms with E-state index in [4.69, 9.17) is 16.1 Å². The fourth-order valence-corrected chi connectivity index (χ4v) is 1.74. The summed E-state index contributed by atoms with van der Waals surface area (Å²) in [4.78, 5) is 11.2. The Morgan fingerprint density at radius 3 is 2.69 bits per heavy atom. The van der Waals surface area contributed by atoms with Gasteiger partial charge in [-0.2, -0.15) is 0 Å². The molecule has 0 aliphatic rings. The predicted octanol–water partition coefficient (Wildman–Crippen LogP) is 2.54. The van der Waals surface area contributed by atoms with E-state index in [1.165, 1.54) is 12.3 Å². The summed E-state index contributed by atoms with van der Waals surface area (Å²) >= 11 is 5.95. The van der Waals surface area contributed by atoms with Gasteiger partial charge in [-0.05, 0) is 11.6 Å². The number of aliphatic carboxylic acids is 1. The van der Waals surface area contributed by atoms with Gasteiger partial charge in [-0.25, -0.2) is 0 Å². The second-order valence-corrected chi connectivity index (χ2v) is 3.61. The molecule has 82 valence electrons. The molecule has 0 aliphatic heterocycles. The molecule has 2 rings (SSSR count). The van der Waals surface area contributed by atoms with E-state index < -0.39 is 11.9 Å². The summed E-state index contributed by atoms with van der Waals surface area (Å²) in [5.41, 5.74) is 0.494. The summed E-state index contributed by atoms with van der Waals surface area (Å²) in [6, 6.07) is 8.29. The van der Waals surface area contributed by atoms with Crippen molar-refractivity contribution in [3.63, 3.8) is 0 Å². The van der Waals surface area contributed by atoms with Crippen LogP contribution < -0.4 is 0 Å². The summed E-state index contributed by atoms with van der Waals surface area (Å²) in [7, 11) is 0. The van der Waals surface area contributed by atoms with E-state index in [0.29, 0.717) is 10.6 Å². The first-order chi connectivity index (χ1) is 7.70. The van der Waals surface area contributed by atoms with Gasteiger partial charge >= 0.3 is 5.97 Å². The Balaban J connectivity index is 2.50. The quantitative estimate of drug-likeness (QED) is 0.891. The van der Waals surface area contributed by atoms with Gasteiger partial charge in [0.1, 0.15) is 5.92 Å². The van der Waals surface area contributed by atoms with Crippen LogP contribution in [0.2, 0.25) is 5.02 Å². The van der Waals surface area contributed by atoms with Crippen molar-refractivity contribution in [3.05, 3.63) is 52.9 Å². The zero-order chi connectivity index (χ0) is 11.5. The van der Waals surface area contributed by atoms with Crippen LogP contribution in [0.5, 0.6) is 0 Å². The molecule has 16 heavy (non-hydrogen) atoms. The van der Waals surface area contributed by atoms with Crippen molar-refractivity contribution in [1.82, 2.24) is 5.16 Å². The molecule has 0 fully saturated rings. The van der Waals surface area contributed by atoms with Crippen molar-refractivity contribution in [2.24, 2.45) is 0 Å². The van der Waals surface area contributed by atoms with Gasteiger partial charge in [-0.15, -0.1) is 0 Å². The summed E-state index contributed by atoms with van der Waals surface area (Å²) in [5.74, 6) is -1.68. The van der Waals surface area contributed by atoms with E-state index in [0.717, 1.165) is 0 Å². The first-order valence-electron chi connectivity index (χ1n) is 4.58. The maximum Gasteiger partial charge on any atom is 0.318 e. The fraction of sp³-hybridized carbons (Fsp3) is 0.0909. The standard InChI is InChI=1S/C11H8ClNO3/c12-8-4-2-1-3-7(8)10(11(14)15)9-5-6-13-16-9/h1-6,10H,(H,14,15). The predicted molar refractivity (Wildman–Crippen MR) is 57.4 cm³/mol. The van der Waals surface area contributed by atoms with Gasteiger partial charge in [-0.1, -0.05) is 35.0 Å². The van der Waals surface area contributed by atoms with Gasteiger partial charge < -0.3 is 9.63 Å². The number of hydrogen-bond acceptors (Lipinski definition) is 3. The van der Waals surface area contributed by atoms with E-state index >= 15 is 0 Å². The molecule has 1 aromatic carbocycles. The first-order valence-corrected chi connectivity index (χ1v) is 4.95. The molecule has 4 nitrogen and oxygen atoms in total. The van der Waals surface area contributed by atoms with E-state index in [1.54, 1.807) is 24.3 Å². The van der Waals surface area contributed by atoms with Crippen LogP contribution in [0, 0.1) is 0 Å². The fourth-order valence-electron chi connectivity index (χ4n) is 1.49. The van der Waals surface area contributed by atoms with Crippen molar-refractivity contribution >= 4 is 17.6 Å². The molecule has 0 bridgehead atoms. The van der Waals surface area contributed by atoms with Gasteiger partial charge in [0.15, 0.2) is 5.76 Å². The molecule has 2 aromatic rings. The number of carbonyl (C=O) groups is 1. The Morgan fingerprint density at radius 2 is 2.12 bits per heavy atom. The largest absolute Gasteiger partial charge is 0.480 e. The molecule has 0 saturated heterocycles. The number of aromatic nitrogens is 1. The number of rotatable bonds is 3. The zero-order valence-electron chi connectivity index (χ0n) is 8.13. The lowest BCUT2D eigenvalue weighted by Gasteiger charge is -2.10. The Kier molecular flexibility index (Phi) is 2.92. The lowest BCUT2D eigenvalue weighted by Crippen LogP contribution is -2.12. The van der Waals surface area contributed by atoms with Crippen LogP contribution in [0.3, 0.4) is 0 Å². The number of hydrogen-bond donors (Lipinski definition) is 1. The molecular weight excluding hydrogens is 230 g/mol. The number of carboxylic acid groups (broad SMARTS) is 1. The molecular formula is C11H8ClNO3. The minimum absolute atomic E-state index is 0.264.